The summed E-state index contributed by atoms with van der Waals surface area (Å²) in [4.78, 5) is 3.86. The summed E-state index contributed by atoms with van der Waals surface area (Å²) >= 11 is 0. The van der Waals surface area contributed by atoms with Gasteiger partial charge in [-0.2, -0.15) is 13.2 Å². The molecule has 2 aromatic carbocycles. The Balaban J connectivity index is 1.88. The van der Waals surface area contributed by atoms with Gasteiger partial charge in [0.2, 0.25) is 10.0 Å². The van der Waals surface area contributed by atoms with Crippen molar-refractivity contribution in [1.82, 2.24) is 4.98 Å². The van der Waals surface area contributed by atoms with Gasteiger partial charge in [-0.15, -0.1) is 0 Å². The standard InChI is InChI=1S/C21H17F5N2O2S/c22-19-8-5-16(11-20(19)23)10-15-3-6-18(7-4-15)28(13-17-2-1-9-27-12-17)31(29,30)14-21(24,25)26/h1-9,11-12H,10,13-14H2. The Morgan fingerprint density at radius 1 is 0.871 bits per heavy atom. The van der Waals surface area contributed by atoms with Crippen LogP contribution >= 0.6 is 0 Å². The monoisotopic (exact) mass is 456 g/mol. The molecule has 0 saturated heterocycles. The molecule has 0 saturated carbocycles. The van der Waals surface area contributed by atoms with E-state index in [1.54, 1.807) is 12.1 Å². The van der Waals surface area contributed by atoms with Gasteiger partial charge in [0.25, 0.3) is 0 Å². The van der Waals surface area contributed by atoms with Gasteiger partial charge in [-0.1, -0.05) is 24.3 Å². The molecule has 0 aliphatic rings. The van der Waals surface area contributed by atoms with E-state index in [9.17, 15) is 30.4 Å². The van der Waals surface area contributed by atoms with E-state index < -0.39 is 33.6 Å². The molecule has 0 aliphatic heterocycles. The van der Waals surface area contributed by atoms with Crippen molar-refractivity contribution in [3.63, 3.8) is 0 Å². The van der Waals surface area contributed by atoms with Crippen LogP contribution in [0.5, 0.6) is 0 Å². The van der Waals surface area contributed by atoms with Gasteiger partial charge in [0.15, 0.2) is 17.4 Å². The summed E-state index contributed by atoms with van der Waals surface area (Å²) in [5, 5.41) is 0. The first-order valence-corrected chi connectivity index (χ1v) is 10.6. The van der Waals surface area contributed by atoms with E-state index in [4.69, 9.17) is 0 Å². The minimum absolute atomic E-state index is 0.0436. The van der Waals surface area contributed by atoms with Gasteiger partial charge in [-0.25, -0.2) is 17.2 Å². The third-order valence-electron chi connectivity index (χ3n) is 4.35. The number of rotatable bonds is 7. The van der Waals surface area contributed by atoms with Crippen molar-refractivity contribution in [3.8, 4) is 0 Å². The molecule has 164 valence electrons. The molecule has 0 radical (unpaired) electrons. The summed E-state index contributed by atoms with van der Waals surface area (Å²) in [6, 6.07) is 12.4. The van der Waals surface area contributed by atoms with Crippen LogP contribution in [0.4, 0.5) is 27.6 Å². The van der Waals surface area contributed by atoms with E-state index >= 15 is 0 Å². The Morgan fingerprint density at radius 2 is 1.55 bits per heavy atom. The number of nitrogens with zero attached hydrogens (tertiary/aromatic N) is 2. The van der Waals surface area contributed by atoms with Crippen LogP contribution in [0.3, 0.4) is 0 Å². The van der Waals surface area contributed by atoms with Gasteiger partial charge >= 0.3 is 6.18 Å². The Bertz CT molecular complexity index is 1130. The normalized spacial score (nSPS) is 12.0. The molecule has 0 spiro atoms. The van der Waals surface area contributed by atoms with Gasteiger partial charge in [0.05, 0.1) is 12.2 Å². The van der Waals surface area contributed by atoms with E-state index in [-0.39, 0.29) is 18.7 Å². The zero-order valence-corrected chi connectivity index (χ0v) is 16.8. The molecule has 0 amide bonds. The number of halogens is 5. The first kappa shape index (κ1) is 22.7. The maximum atomic E-state index is 13.4. The Labute approximate surface area is 176 Å². The molecule has 31 heavy (non-hydrogen) atoms. The SMILES string of the molecule is O=S(=O)(CC(F)(F)F)N(Cc1cccnc1)c1ccc(Cc2ccc(F)c(F)c2)cc1. The third-order valence-corrected chi connectivity index (χ3v) is 6.05. The largest absolute Gasteiger partial charge is 0.404 e. The molecule has 0 fully saturated rings. The van der Waals surface area contributed by atoms with Crippen LogP contribution in [-0.2, 0) is 23.0 Å². The van der Waals surface area contributed by atoms with E-state index in [1.807, 2.05) is 0 Å². The summed E-state index contributed by atoms with van der Waals surface area (Å²) in [6.45, 7) is -0.325. The average Bonchev–Trinajstić information content (AvgIpc) is 2.69. The predicted octanol–water partition coefficient (Wildman–Crippen LogP) is 4.85. The van der Waals surface area contributed by atoms with Crippen molar-refractivity contribution in [2.24, 2.45) is 0 Å². The summed E-state index contributed by atoms with van der Waals surface area (Å²) in [5.41, 5.74) is 1.59. The minimum atomic E-state index is -4.90. The van der Waals surface area contributed by atoms with Crippen molar-refractivity contribution in [3.05, 3.63) is 95.3 Å². The lowest BCUT2D eigenvalue weighted by atomic mass is 10.0. The average molecular weight is 456 g/mol. The number of sulfonamides is 1. The number of pyridine rings is 1. The van der Waals surface area contributed by atoms with Crippen LogP contribution in [-0.4, -0.2) is 25.3 Å². The summed E-state index contributed by atoms with van der Waals surface area (Å²) in [5.74, 6) is -3.97. The number of alkyl halides is 3. The van der Waals surface area contributed by atoms with Crippen LogP contribution in [0.1, 0.15) is 16.7 Å². The highest BCUT2D eigenvalue weighted by Gasteiger charge is 2.38. The van der Waals surface area contributed by atoms with Crippen molar-refractivity contribution in [2.75, 3.05) is 10.1 Å². The number of hydrogen-bond donors (Lipinski definition) is 0. The molecule has 3 rings (SSSR count). The molecule has 3 aromatic rings. The van der Waals surface area contributed by atoms with Crippen molar-refractivity contribution < 1.29 is 30.4 Å². The molecule has 4 nitrogen and oxygen atoms in total. The zero-order valence-electron chi connectivity index (χ0n) is 16.0. The number of benzene rings is 2. The first-order chi connectivity index (χ1) is 14.5. The molecule has 0 aliphatic carbocycles. The van der Waals surface area contributed by atoms with Crippen LogP contribution in [0.2, 0.25) is 0 Å². The number of hydrogen-bond acceptors (Lipinski definition) is 3. The fourth-order valence-electron chi connectivity index (χ4n) is 2.96. The molecule has 1 heterocycles. The second kappa shape index (κ2) is 9.01. The van der Waals surface area contributed by atoms with E-state index in [2.05, 4.69) is 4.98 Å². The highest BCUT2D eigenvalue weighted by molar-refractivity contribution is 7.92. The van der Waals surface area contributed by atoms with Crippen LogP contribution in [0, 0.1) is 11.6 Å². The lowest BCUT2D eigenvalue weighted by Gasteiger charge is -2.25. The summed E-state index contributed by atoms with van der Waals surface area (Å²) in [7, 11) is -4.72. The Hall–Kier alpha value is -3.01. The third kappa shape index (κ3) is 6.24. The van der Waals surface area contributed by atoms with Gasteiger partial charge in [-0.3, -0.25) is 9.29 Å². The molecule has 1 aromatic heterocycles. The van der Waals surface area contributed by atoms with Crippen molar-refractivity contribution in [1.29, 1.82) is 0 Å². The highest BCUT2D eigenvalue weighted by Crippen LogP contribution is 2.27. The lowest BCUT2D eigenvalue weighted by Crippen LogP contribution is -2.37. The Kier molecular flexibility index (Phi) is 6.59. The van der Waals surface area contributed by atoms with Crippen LogP contribution in [0.25, 0.3) is 0 Å². The van der Waals surface area contributed by atoms with Gasteiger partial charge in [0.1, 0.15) is 0 Å². The number of anilines is 1. The van der Waals surface area contributed by atoms with Crippen LogP contribution in [0.15, 0.2) is 67.0 Å². The smallest absolute Gasteiger partial charge is 0.265 e. The molecule has 10 heteroatoms. The highest BCUT2D eigenvalue weighted by atomic mass is 32.2. The Morgan fingerprint density at radius 3 is 2.13 bits per heavy atom. The quantitative estimate of drug-likeness (QED) is 0.478. The van der Waals surface area contributed by atoms with E-state index in [0.29, 0.717) is 21.0 Å². The second-order valence-electron chi connectivity index (χ2n) is 6.83. The van der Waals surface area contributed by atoms with E-state index in [1.165, 1.54) is 42.7 Å². The van der Waals surface area contributed by atoms with Gasteiger partial charge < -0.3 is 0 Å². The second-order valence-corrected chi connectivity index (χ2v) is 8.72. The lowest BCUT2D eigenvalue weighted by molar-refractivity contribution is -0.106. The first-order valence-electron chi connectivity index (χ1n) is 9.02. The van der Waals surface area contributed by atoms with Gasteiger partial charge in [0, 0.05) is 12.4 Å². The number of aromatic nitrogens is 1. The predicted molar refractivity (Wildman–Crippen MR) is 106 cm³/mol. The van der Waals surface area contributed by atoms with Crippen molar-refractivity contribution >= 4 is 15.7 Å². The molecule has 0 bridgehead atoms. The topological polar surface area (TPSA) is 50.3 Å². The molecule has 0 N–H and O–H groups in total. The van der Waals surface area contributed by atoms with Gasteiger partial charge in [-0.05, 0) is 53.4 Å². The van der Waals surface area contributed by atoms with E-state index in [0.717, 1.165) is 12.1 Å². The maximum absolute atomic E-state index is 13.4. The molecule has 0 unspecified atom stereocenters. The minimum Gasteiger partial charge on any atom is -0.265 e. The fourth-order valence-corrected chi connectivity index (χ4v) is 4.32. The van der Waals surface area contributed by atoms with Crippen LogP contribution < -0.4 is 4.31 Å². The van der Waals surface area contributed by atoms with Crippen molar-refractivity contribution in [2.45, 2.75) is 19.1 Å². The summed E-state index contributed by atoms with van der Waals surface area (Å²) in [6.07, 6.45) is -1.84. The molecular weight excluding hydrogens is 439 g/mol. The zero-order chi connectivity index (χ0) is 22.6. The summed E-state index contributed by atoms with van der Waals surface area (Å²) < 4.78 is 90.7. The molecular formula is C21H17F5N2O2S. The maximum Gasteiger partial charge on any atom is 0.404 e. The fraction of sp³-hybridized carbons (Fsp3) is 0.190. The molecule has 0 atom stereocenters.